The van der Waals surface area contributed by atoms with Crippen molar-refractivity contribution in [2.45, 2.75) is 51.7 Å². The Hall–Kier alpha value is -2.24. The Labute approximate surface area is 161 Å². The SMILES string of the molecule is CN(CC1CCCN(C(=O)C2Cc3ccccc3O2)C1)C(=O)OC(C)(C)C. The molecule has 1 aromatic rings. The monoisotopic (exact) mass is 374 g/mol. The fraction of sp³-hybridized carbons (Fsp3) is 0.619. The van der Waals surface area contributed by atoms with E-state index in [0.717, 1.165) is 30.7 Å². The molecule has 6 heteroatoms. The summed E-state index contributed by atoms with van der Waals surface area (Å²) in [5, 5.41) is 0. The minimum atomic E-state index is -0.505. The van der Waals surface area contributed by atoms with Crippen LogP contribution in [0, 0.1) is 5.92 Å². The van der Waals surface area contributed by atoms with Gasteiger partial charge in [-0.1, -0.05) is 18.2 Å². The molecule has 2 aliphatic heterocycles. The zero-order valence-electron chi connectivity index (χ0n) is 16.7. The molecule has 6 nitrogen and oxygen atoms in total. The zero-order valence-corrected chi connectivity index (χ0v) is 16.7. The lowest BCUT2D eigenvalue weighted by Crippen LogP contribution is -2.48. The number of hydrogen-bond acceptors (Lipinski definition) is 4. The number of carbonyl (C=O) groups is 2. The molecule has 2 amide bonds. The Morgan fingerprint density at radius 2 is 2.04 bits per heavy atom. The van der Waals surface area contributed by atoms with E-state index in [1.807, 2.05) is 49.9 Å². The van der Waals surface area contributed by atoms with E-state index in [9.17, 15) is 9.59 Å². The third-order valence-corrected chi connectivity index (χ3v) is 4.99. The fourth-order valence-electron chi connectivity index (χ4n) is 3.74. The lowest BCUT2D eigenvalue weighted by atomic mass is 9.97. The second kappa shape index (κ2) is 7.79. The summed E-state index contributed by atoms with van der Waals surface area (Å²) < 4.78 is 11.3. The van der Waals surface area contributed by atoms with Crippen LogP contribution in [0.5, 0.6) is 5.75 Å². The van der Waals surface area contributed by atoms with E-state index in [4.69, 9.17) is 9.47 Å². The highest BCUT2D eigenvalue weighted by Crippen LogP contribution is 2.30. The number of likely N-dealkylation sites (tertiary alicyclic amines) is 1. The quantitative estimate of drug-likeness (QED) is 0.816. The summed E-state index contributed by atoms with van der Waals surface area (Å²) in [7, 11) is 1.76. The van der Waals surface area contributed by atoms with Gasteiger partial charge in [0.15, 0.2) is 6.10 Å². The summed E-state index contributed by atoms with van der Waals surface area (Å²) in [4.78, 5) is 28.6. The number of benzene rings is 1. The summed E-state index contributed by atoms with van der Waals surface area (Å²) in [5.74, 6) is 1.12. The Morgan fingerprint density at radius 3 is 2.74 bits per heavy atom. The van der Waals surface area contributed by atoms with Crippen molar-refractivity contribution in [1.29, 1.82) is 0 Å². The highest BCUT2D eigenvalue weighted by Gasteiger charge is 2.35. The van der Waals surface area contributed by atoms with E-state index < -0.39 is 11.7 Å². The van der Waals surface area contributed by atoms with Crippen LogP contribution in [-0.4, -0.2) is 60.2 Å². The second-order valence-electron chi connectivity index (χ2n) is 8.57. The van der Waals surface area contributed by atoms with Crippen molar-refractivity contribution in [3.63, 3.8) is 0 Å². The number of amides is 2. The predicted molar refractivity (Wildman–Crippen MR) is 103 cm³/mol. The lowest BCUT2D eigenvalue weighted by molar-refractivity contribution is -0.139. The molecule has 2 heterocycles. The number of fused-ring (bicyclic) bond motifs is 1. The topological polar surface area (TPSA) is 59.1 Å². The van der Waals surface area contributed by atoms with Gasteiger partial charge in [-0.3, -0.25) is 4.79 Å². The van der Waals surface area contributed by atoms with Gasteiger partial charge >= 0.3 is 6.09 Å². The van der Waals surface area contributed by atoms with Gasteiger partial charge in [0.25, 0.3) is 5.91 Å². The molecule has 2 aliphatic rings. The molecule has 27 heavy (non-hydrogen) atoms. The summed E-state index contributed by atoms with van der Waals surface area (Å²) in [6, 6.07) is 7.82. The van der Waals surface area contributed by atoms with Gasteiger partial charge in [-0.25, -0.2) is 4.79 Å². The summed E-state index contributed by atoms with van der Waals surface area (Å²) >= 11 is 0. The van der Waals surface area contributed by atoms with Crippen molar-refractivity contribution in [2.24, 2.45) is 5.92 Å². The van der Waals surface area contributed by atoms with Gasteiger partial charge in [0.1, 0.15) is 11.4 Å². The maximum absolute atomic E-state index is 12.9. The first-order valence-electron chi connectivity index (χ1n) is 9.70. The van der Waals surface area contributed by atoms with Crippen LogP contribution in [0.25, 0.3) is 0 Å². The van der Waals surface area contributed by atoms with Crippen molar-refractivity contribution in [3.05, 3.63) is 29.8 Å². The van der Waals surface area contributed by atoms with Crippen LogP contribution in [0.2, 0.25) is 0 Å². The Bertz CT molecular complexity index is 673. The molecular formula is C21H30N2O4. The molecule has 0 spiro atoms. The maximum Gasteiger partial charge on any atom is 0.410 e. The van der Waals surface area contributed by atoms with Crippen molar-refractivity contribution in [3.8, 4) is 5.75 Å². The highest BCUT2D eigenvalue weighted by atomic mass is 16.6. The van der Waals surface area contributed by atoms with Crippen LogP contribution in [0.1, 0.15) is 39.2 Å². The highest BCUT2D eigenvalue weighted by molar-refractivity contribution is 5.82. The van der Waals surface area contributed by atoms with Crippen LogP contribution in [0.15, 0.2) is 24.3 Å². The number of ether oxygens (including phenoxy) is 2. The van der Waals surface area contributed by atoms with E-state index >= 15 is 0 Å². The summed E-state index contributed by atoms with van der Waals surface area (Å²) in [6.45, 7) is 7.58. The standard InChI is InChI=1S/C21H30N2O4/c1-21(2,3)27-20(25)22(4)13-15-8-7-11-23(14-15)19(24)18-12-16-9-5-6-10-17(16)26-18/h5-6,9-10,15,18H,7-8,11-14H2,1-4H3. The molecule has 148 valence electrons. The molecule has 1 fully saturated rings. The van der Waals surface area contributed by atoms with E-state index in [1.54, 1.807) is 11.9 Å². The number of nitrogens with zero attached hydrogens (tertiary/aromatic N) is 2. The van der Waals surface area contributed by atoms with Gasteiger partial charge in [-0.2, -0.15) is 0 Å². The van der Waals surface area contributed by atoms with Gasteiger partial charge in [-0.15, -0.1) is 0 Å². The van der Waals surface area contributed by atoms with E-state index in [-0.39, 0.29) is 17.9 Å². The third kappa shape index (κ3) is 4.93. The van der Waals surface area contributed by atoms with Gasteiger partial charge in [0.2, 0.25) is 0 Å². The predicted octanol–water partition coefficient (Wildman–Crippen LogP) is 3.10. The lowest BCUT2D eigenvalue weighted by Gasteiger charge is -2.36. The Balaban J connectivity index is 1.53. The van der Waals surface area contributed by atoms with Crippen molar-refractivity contribution >= 4 is 12.0 Å². The number of carbonyl (C=O) groups excluding carboxylic acids is 2. The summed E-state index contributed by atoms with van der Waals surface area (Å²) in [5.41, 5.74) is 0.586. The minimum absolute atomic E-state index is 0.0517. The number of rotatable bonds is 3. The fourth-order valence-corrected chi connectivity index (χ4v) is 3.74. The first-order valence-corrected chi connectivity index (χ1v) is 9.70. The molecule has 1 saturated heterocycles. The molecule has 0 aliphatic carbocycles. The molecule has 2 unspecified atom stereocenters. The number of hydrogen-bond donors (Lipinski definition) is 0. The van der Waals surface area contributed by atoms with Crippen LogP contribution in [-0.2, 0) is 16.0 Å². The van der Waals surface area contributed by atoms with Crippen molar-refractivity contribution < 1.29 is 19.1 Å². The zero-order chi connectivity index (χ0) is 19.6. The number of piperidine rings is 1. The van der Waals surface area contributed by atoms with Crippen LogP contribution < -0.4 is 4.74 Å². The Kier molecular flexibility index (Phi) is 5.63. The smallest absolute Gasteiger partial charge is 0.410 e. The molecular weight excluding hydrogens is 344 g/mol. The van der Waals surface area contributed by atoms with E-state index in [1.165, 1.54) is 0 Å². The number of para-hydroxylation sites is 1. The first kappa shape index (κ1) is 19.5. The van der Waals surface area contributed by atoms with E-state index in [2.05, 4.69) is 0 Å². The second-order valence-corrected chi connectivity index (χ2v) is 8.57. The molecule has 0 radical (unpaired) electrons. The van der Waals surface area contributed by atoms with Gasteiger partial charge < -0.3 is 19.3 Å². The normalized spacial score (nSPS) is 22.0. The van der Waals surface area contributed by atoms with E-state index in [0.29, 0.717) is 19.5 Å². The molecule has 1 aromatic carbocycles. The average Bonchev–Trinajstić information content (AvgIpc) is 3.04. The molecule has 3 rings (SSSR count). The van der Waals surface area contributed by atoms with Gasteiger partial charge in [0, 0.05) is 33.1 Å². The average molecular weight is 374 g/mol. The summed E-state index contributed by atoms with van der Waals surface area (Å²) in [6.07, 6.45) is 1.83. The molecule has 0 bridgehead atoms. The van der Waals surface area contributed by atoms with Crippen LogP contribution >= 0.6 is 0 Å². The minimum Gasteiger partial charge on any atom is -0.480 e. The van der Waals surface area contributed by atoms with Gasteiger partial charge in [0.05, 0.1) is 0 Å². The molecule has 2 atom stereocenters. The maximum atomic E-state index is 12.9. The largest absolute Gasteiger partial charge is 0.480 e. The van der Waals surface area contributed by atoms with Crippen LogP contribution in [0.3, 0.4) is 0 Å². The van der Waals surface area contributed by atoms with Gasteiger partial charge in [-0.05, 0) is 51.2 Å². The van der Waals surface area contributed by atoms with Crippen molar-refractivity contribution in [2.75, 3.05) is 26.7 Å². The molecule has 0 aromatic heterocycles. The van der Waals surface area contributed by atoms with Crippen molar-refractivity contribution in [1.82, 2.24) is 9.80 Å². The van der Waals surface area contributed by atoms with Crippen LogP contribution in [0.4, 0.5) is 4.79 Å². The third-order valence-electron chi connectivity index (χ3n) is 4.99. The first-order chi connectivity index (χ1) is 12.7. The molecule has 0 N–H and O–H groups in total. The Morgan fingerprint density at radius 1 is 1.30 bits per heavy atom. The molecule has 0 saturated carbocycles.